The van der Waals surface area contributed by atoms with Gasteiger partial charge in [-0.3, -0.25) is 4.79 Å². The van der Waals surface area contributed by atoms with Gasteiger partial charge in [0.05, 0.1) is 18.9 Å². The van der Waals surface area contributed by atoms with Gasteiger partial charge in [0.2, 0.25) is 4.80 Å². The van der Waals surface area contributed by atoms with E-state index in [1.54, 1.807) is 18.2 Å². The minimum atomic E-state index is -4.44. The summed E-state index contributed by atoms with van der Waals surface area (Å²) >= 11 is 6.75. The van der Waals surface area contributed by atoms with E-state index >= 15 is 0 Å². The fourth-order valence-electron chi connectivity index (χ4n) is 3.38. The molecule has 1 saturated carbocycles. The van der Waals surface area contributed by atoms with Crippen LogP contribution >= 0.6 is 22.9 Å². The largest absolute Gasteiger partial charge is 0.496 e. The Kier molecular flexibility index (Phi) is 5.69. The average Bonchev–Trinajstić information content (AvgIpc) is 3.30. The smallest absolute Gasteiger partial charge is 0.400 e. The summed E-state index contributed by atoms with van der Waals surface area (Å²) < 4.78 is 53.3. The third-order valence-electron chi connectivity index (χ3n) is 5.25. The Morgan fingerprint density at radius 1 is 1.39 bits per heavy atom. The van der Waals surface area contributed by atoms with Crippen molar-refractivity contribution in [1.82, 2.24) is 9.78 Å². The number of benzene rings is 1. The van der Waals surface area contributed by atoms with E-state index in [0.717, 1.165) is 11.3 Å². The first kappa shape index (κ1) is 21.6. The highest BCUT2D eigenvalue weighted by molar-refractivity contribution is 7.09. The molecule has 0 saturated heterocycles. The first-order chi connectivity index (χ1) is 14.7. The Bertz CT molecular complexity index is 1160. The van der Waals surface area contributed by atoms with Crippen LogP contribution in [0.15, 0.2) is 46.0 Å². The summed E-state index contributed by atoms with van der Waals surface area (Å²) in [6.07, 6.45) is -2.61. The number of halogens is 4. The number of amides is 1. The molecular weight excluding hydrogens is 455 g/mol. The Morgan fingerprint density at radius 3 is 2.74 bits per heavy atom. The molecular formula is C20H17ClF3N3O3S. The van der Waals surface area contributed by atoms with E-state index in [1.165, 1.54) is 30.2 Å². The van der Waals surface area contributed by atoms with E-state index < -0.39 is 17.5 Å². The summed E-state index contributed by atoms with van der Waals surface area (Å²) in [4.78, 5) is 17.0. The Balaban J connectivity index is 1.81. The Hall–Kier alpha value is -2.59. The zero-order valence-corrected chi connectivity index (χ0v) is 17.9. The summed E-state index contributed by atoms with van der Waals surface area (Å²) in [7, 11) is 1.39. The lowest BCUT2D eigenvalue weighted by Gasteiger charge is -2.40. The summed E-state index contributed by atoms with van der Waals surface area (Å²) in [5.41, 5.74) is -1.91. The first-order valence-electron chi connectivity index (χ1n) is 9.34. The molecule has 0 atom stereocenters. The topological polar surface area (TPSA) is 69.6 Å². The Labute approximate surface area is 183 Å². The van der Waals surface area contributed by atoms with Crippen molar-refractivity contribution in [2.75, 3.05) is 7.11 Å². The summed E-state index contributed by atoms with van der Waals surface area (Å²) in [6.45, 7) is 0.0379. The number of hydrogen-bond donors (Lipinski definition) is 0. The van der Waals surface area contributed by atoms with Crippen molar-refractivity contribution in [2.45, 2.75) is 37.4 Å². The molecule has 164 valence electrons. The molecule has 6 nitrogen and oxygen atoms in total. The number of alkyl halides is 3. The molecule has 2 heterocycles. The van der Waals surface area contributed by atoms with E-state index in [0.29, 0.717) is 17.2 Å². The average molecular weight is 472 g/mol. The van der Waals surface area contributed by atoms with Crippen LogP contribution in [0.3, 0.4) is 0 Å². The van der Waals surface area contributed by atoms with Gasteiger partial charge in [0, 0.05) is 5.02 Å². The van der Waals surface area contributed by atoms with Crippen LogP contribution in [0.2, 0.25) is 5.02 Å². The van der Waals surface area contributed by atoms with Crippen LogP contribution < -0.4 is 9.54 Å². The van der Waals surface area contributed by atoms with Crippen LogP contribution in [0.1, 0.15) is 40.4 Å². The summed E-state index contributed by atoms with van der Waals surface area (Å²) in [6, 6.07) is 7.80. The Morgan fingerprint density at radius 2 is 2.16 bits per heavy atom. The fourth-order valence-corrected chi connectivity index (χ4v) is 4.72. The zero-order chi connectivity index (χ0) is 22.2. The maximum atomic E-state index is 13.8. The van der Waals surface area contributed by atoms with Gasteiger partial charge in [-0.2, -0.15) is 23.3 Å². The standard InChI is InChI=1S/C20H17ClF3N3O3S/c1-29-15-6-5-12(21)10-14(15)16(28)25-18-27(11-13-4-2-9-30-13)26-17(31-18)19(7-3-8-19)20(22,23)24/h2,4-6,9-10H,3,7-8,11H2,1H3/b25-18-. The van der Waals surface area contributed by atoms with Crippen LogP contribution in [-0.2, 0) is 12.0 Å². The molecule has 1 aliphatic rings. The van der Waals surface area contributed by atoms with Crippen LogP contribution in [0, 0.1) is 0 Å². The molecule has 0 radical (unpaired) electrons. The highest BCUT2D eigenvalue weighted by Gasteiger charge is 2.61. The fraction of sp³-hybridized carbons (Fsp3) is 0.350. The molecule has 1 fully saturated rings. The van der Waals surface area contributed by atoms with Gasteiger partial charge in [-0.1, -0.05) is 29.4 Å². The molecule has 1 aromatic carbocycles. The second-order valence-corrected chi connectivity index (χ2v) is 8.51. The van der Waals surface area contributed by atoms with Crippen molar-refractivity contribution in [1.29, 1.82) is 0 Å². The molecule has 4 rings (SSSR count). The third kappa shape index (κ3) is 4.01. The molecule has 0 unspecified atom stereocenters. The van der Waals surface area contributed by atoms with Gasteiger partial charge >= 0.3 is 6.18 Å². The van der Waals surface area contributed by atoms with Crippen LogP contribution in [0.25, 0.3) is 0 Å². The molecule has 11 heteroatoms. The monoisotopic (exact) mass is 471 g/mol. The van der Waals surface area contributed by atoms with Gasteiger partial charge in [-0.25, -0.2) is 4.68 Å². The van der Waals surface area contributed by atoms with Gasteiger partial charge in [0.1, 0.15) is 28.5 Å². The number of aromatic nitrogens is 2. The quantitative estimate of drug-likeness (QED) is 0.526. The van der Waals surface area contributed by atoms with Gasteiger partial charge in [0.25, 0.3) is 5.91 Å². The van der Waals surface area contributed by atoms with Crippen molar-refractivity contribution in [2.24, 2.45) is 4.99 Å². The maximum absolute atomic E-state index is 13.8. The highest BCUT2D eigenvalue weighted by atomic mass is 35.5. The maximum Gasteiger partial charge on any atom is 0.400 e. The molecule has 0 spiro atoms. The van der Waals surface area contributed by atoms with Crippen molar-refractivity contribution in [3.05, 3.63) is 62.8 Å². The second-order valence-electron chi connectivity index (χ2n) is 7.12. The van der Waals surface area contributed by atoms with Crippen molar-refractivity contribution < 1.29 is 27.1 Å². The lowest BCUT2D eigenvalue weighted by atomic mass is 9.68. The minimum Gasteiger partial charge on any atom is -0.496 e. The molecule has 2 aromatic heterocycles. The van der Waals surface area contributed by atoms with E-state index in [4.69, 9.17) is 20.8 Å². The number of nitrogens with zero attached hydrogens (tertiary/aromatic N) is 3. The number of hydrogen-bond acceptors (Lipinski definition) is 5. The van der Waals surface area contributed by atoms with Crippen molar-refractivity contribution in [3.8, 4) is 5.75 Å². The van der Waals surface area contributed by atoms with Crippen LogP contribution in [-0.4, -0.2) is 29.0 Å². The molecule has 0 N–H and O–H groups in total. The predicted octanol–water partition coefficient (Wildman–Crippen LogP) is 4.97. The van der Waals surface area contributed by atoms with E-state index in [9.17, 15) is 18.0 Å². The molecule has 1 aliphatic carbocycles. The minimum absolute atomic E-state index is 0.0361. The number of methoxy groups -OCH3 is 1. The zero-order valence-electron chi connectivity index (χ0n) is 16.3. The number of carbonyl (C=O) groups is 1. The van der Waals surface area contributed by atoms with Crippen molar-refractivity contribution >= 4 is 28.8 Å². The van der Waals surface area contributed by atoms with Gasteiger partial charge in [0.15, 0.2) is 0 Å². The van der Waals surface area contributed by atoms with Crippen LogP contribution in [0.4, 0.5) is 13.2 Å². The third-order valence-corrected chi connectivity index (χ3v) is 6.64. The summed E-state index contributed by atoms with van der Waals surface area (Å²) in [5, 5.41) is 4.40. The van der Waals surface area contributed by atoms with Gasteiger partial charge in [-0.05, 0) is 43.2 Å². The SMILES string of the molecule is COc1ccc(Cl)cc1C(=O)/N=c1\sc(C2(C(F)(F)F)CCC2)nn1Cc1ccco1. The molecule has 0 bridgehead atoms. The number of carbonyl (C=O) groups excluding carboxylic acids is 1. The number of rotatable bonds is 5. The highest BCUT2D eigenvalue weighted by Crippen LogP contribution is 2.54. The van der Waals surface area contributed by atoms with Gasteiger partial charge < -0.3 is 9.15 Å². The van der Waals surface area contributed by atoms with Gasteiger partial charge in [-0.15, -0.1) is 0 Å². The molecule has 31 heavy (non-hydrogen) atoms. The lowest BCUT2D eigenvalue weighted by Crippen LogP contribution is -2.48. The normalized spacial score (nSPS) is 16.2. The predicted molar refractivity (Wildman–Crippen MR) is 107 cm³/mol. The number of ether oxygens (including phenoxy) is 1. The van der Waals surface area contributed by atoms with Crippen molar-refractivity contribution in [3.63, 3.8) is 0 Å². The first-order valence-corrected chi connectivity index (χ1v) is 10.5. The second kappa shape index (κ2) is 8.16. The molecule has 3 aromatic rings. The van der Waals surface area contributed by atoms with E-state index in [1.807, 2.05) is 0 Å². The summed E-state index contributed by atoms with van der Waals surface area (Å²) in [5.74, 6) is 0.0318. The number of furan rings is 1. The molecule has 0 aliphatic heterocycles. The lowest BCUT2D eigenvalue weighted by molar-refractivity contribution is -0.213. The van der Waals surface area contributed by atoms with Crippen LogP contribution in [0.5, 0.6) is 5.75 Å². The van der Waals surface area contributed by atoms with E-state index in [2.05, 4.69) is 10.1 Å². The van der Waals surface area contributed by atoms with E-state index in [-0.39, 0.29) is 40.5 Å². The molecule has 1 amide bonds.